The van der Waals surface area contributed by atoms with Crippen molar-refractivity contribution >= 4 is 0 Å². The molecule has 0 aromatic carbocycles. The molecule has 3 heteroatoms. The van der Waals surface area contributed by atoms with Crippen molar-refractivity contribution in [3.63, 3.8) is 0 Å². The normalized spacial score (nSPS) is 12.8. The van der Waals surface area contributed by atoms with E-state index in [9.17, 15) is 0 Å². The Morgan fingerprint density at radius 3 is 2.33 bits per heavy atom. The summed E-state index contributed by atoms with van der Waals surface area (Å²) in [6, 6.07) is 0.406. The van der Waals surface area contributed by atoms with Gasteiger partial charge in [-0.05, 0) is 40.2 Å². The first kappa shape index (κ1) is 18.2. The Balaban J connectivity index is 2.49. The highest BCUT2D eigenvalue weighted by molar-refractivity contribution is 5.27. The van der Waals surface area contributed by atoms with Gasteiger partial charge < -0.3 is 5.32 Å². The summed E-state index contributed by atoms with van der Waals surface area (Å²) in [7, 11) is 0. The predicted molar refractivity (Wildman–Crippen MR) is 91.8 cm³/mol. The minimum absolute atomic E-state index is 0.406. The van der Waals surface area contributed by atoms with E-state index in [-0.39, 0.29) is 0 Å². The molecule has 0 aliphatic heterocycles. The van der Waals surface area contributed by atoms with Gasteiger partial charge in [0.15, 0.2) is 0 Å². The fourth-order valence-corrected chi connectivity index (χ4v) is 3.06. The zero-order valence-corrected chi connectivity index (χ0v) is 14.8. The van der Waals surface area contributed by atoms with E-state index in [0.717, 1.165) is 13.1 Å². The Kier molecular flexibility index (Phi) is 8.67. The topological polar surface area (TPSA) is 29.9 Å². The minimum Gasteiger partial charge on any atom is -0.310 e. The molecule has 0 fully saturated rings. The Labute approximate surface area is 131 Å². The van der Waals surface area contributed by atoms with E-state index in [1.54, 1.807) is 0 Å². The summed E-state index contributed by atoms with van der Waals surface area (Å²) >= 11 is 0. The van der Waals surface area contributed by atoms with Gasteiger partial charge in [-0.1, -0.05) is 46.0 Å². The van der Waals surface area contributed by atoms with Crippen LogP contribution in [-0.4, -0.2) is 16.3 Å². The van der Waals surface area contributed by atoms with Crippen LogP contribution in [0.1, 0.15) is 88.7 Å². The van der Waals surface area contributed by atoms with Gasteiger partial charge in [-0.3, -0.25) is 4.68 Å². The molecular weight excluding hydrogens is 258 g/mol. The standard InChI is InChI=1S/C18H35N3/c1-6-8-9-10-11-12-14-21-17(5)18(16(4)20-21)15(3)19-13-7-2/h15,19H,6-14H2,1-5H3. The number of nitrogens with one attached hydrogen (secondary N) is 1. The zero-order chi connectivity index (χ0) is 15.7. The molecule has 0 bridgehead atoms. The molecule has 21 heavy (non-hydrogen) atoms. The highest BCUT2D eigenvalue weighted by atomic mass is 15.3. The summed E-state index contributed by atoms with van der Waals surface area (Å²) < 4.78 is 2.22. The van der Waals surface area contributed by atoms with Crippen molar-refractivity contribution in [1.82, 2.24) is 15.1 Å². The van der Waals surface area contributed by atoms with Crippen molar-refractivity contribution < 1.29 is 0 Å². The van der Waals surface area contributed by atoms with Crippen molar-refractivity contribution in [2.45, 2.75) is 92.2 Å². The van der Waals surface area contributed by atoms with Crippen molar-refractivity contribution in [1.29, 1.82) is 0 Å². The molecule has 0 aliphatic carbocycles. The quantitative estimate of drug-likeness (QED) is 0.587. The molecular formula is C18H35N3. The van der Waals surface area contributed by atoms with Crippen LogP contribution >= 0.6 is 0 Å². The lowest BCUT2D eigenvalue weighted by Crippen LogP contribution is -2.20. The van der Waals surface area contributed by atoms with Gasteiger partial charge in [0.05, 0.1) is 5.69 Å². The van der Waals surface area contributed by atoms with Gasteiger partial charge in [-0.2, -0.15) is 5.10 Å². The highest BCUT2D eigenvalue weighted by Gasteiger charge is 2.16. The molecule has 0 saturated carbocycles. The van der Waals surface area contributed by atoms with E-state index < -0.39 is 0 Å². The maximum atomic E-state index is 4.75. The molecule has 3 nitrogen and oxygen atoms in total. The van der Waals surface area contributed by atoms with Gasteiger partial charge in [-0.25, -0.2) is 0 Å². The summed E-state index contributed by atoms with van der Waals surface area (Å²) in [6.45, 7) is 13.2. The Bertz CT molecular complexity index is 395. The van der Waals surface area contributed by atoms with Gasteiger partial charge in [0.1, 0.15) is 0 Å². The number of nitrogens with zero attached hydrogens (tertiary/aromatic N) is 2. The number of hydrogen-bond acceptors (Lipinski definition) is 2. The van der Waals surface area contributed by atoms with Gasteiger partial charge in [0.25, 0.3) is 0 Å². The van der Waals surface area contributed by atoms with E-state index in [2.05, 4.69) is 44.6 Å². The molecule has 1 N–H and O–H groups in total. The molecule has 1 heterocycles. The lowest BCUT2D eigenvalue weighted by atomic mass is 10.1. The fraction of sp³-hybridized carbons (Fsp3) is 0.833. The Morgan fingerprint density at radius 1 is 1.00 bits per heavy atom. The van der Waals surface area contributed by atoms with Crippen LogP contribution in [-0.2, 0) is 6.54 Å². The van der Waals surface area contributed by atoms with Crippen LogP contribution in [0.3, 0.4) is 0 Å². The first-order valence-electron chi connectivity index (χ1n) is 8.89. The smallest absolute Gasteiger partial charge is 0.0644 e. The summed E-state index contributed by atoms with van der Waals surface area (Å²) in [5, 5.41) is 8.33. The summed E-state index contributed by atoms with van der Waals surface area (Å²) in [5.41, 5.74) is 3.93. The largest absolute Gasteiger partial charge is 0.310 e. The third kappa shape index (κ3) is 5.82. The van der Waals surface area contributed by atoms with Crippen LogP contribution in [0.25, 0.3) is 0 Å². The second-order valence-corrected chi connectivity index (χ2v) is 6.25. The molecule has 1 atom stereocenters. The molecule has 0 radical (unpaired) electrons. The third-order valence-electron chi connectivity index (χ3n) is 4.29. The third-order valence-corrected chi connectivity index (χ3v) is 4.29. The average Bonchev–Trinajstić information content (AvgIpc) is 2.74. The fourth-order valence-electron chi connectivity index (χ4n) is 3.06. The number of hydrogen-bond donors (Lipinski definition) is 1. The first-order valence-corrected chi connectivity index (χ1v) is 8.89. The van der Waals surface area contributed by atoms with Gasteiger partial charge in [0.2, 0.25) is 0 Å². The first-order chi connectivity index (χ1) is 10.1. The maximum absolute atomic E-state index is 4.75. The van der Waals surface area contributed by atoms with Crippen LogP contribution in [0, 0.1) is 13.8 Å². The number of aromatic nitrogens is 2. The van der Waals surface area contributed by atoms with E-state index in [0.29, 0.717) is 6.04 Å². The van der Waals surface area contributed by atoms with E-state index in [4.69, 9.17) is 5.10 Å². The van der Waals surface area contributed by atoms with Crippen LogP contribution in [0.15, 0.2) is 0 Å². The molecule has 1 aromatic heterocycles. The van der Waals surface area contributed by atoms with Gasteiger partial charge >= 0.3 is 0 Å². The van der Waals surface area contributed by atoms with E-state index >= 15 is 0 Å². The van der Waals surface area contributed by atoms with E-state index in [1.807, 2.05) is 0 Å². The van der Waals surface area contributed by atoms with Crippen molar-refractivity contribution in [2.24, 2.45) is 0 Å². The minimum atomic E-state index is 0.406. The van der Waals surface area contributed by atoms with Crippen molar-refractivity contribution in [2.75, 3.05) is 6.54 Å². The summed E-state index contributed by atoms with van der Waals surface area (Å²) in [6.07, 6.45) is 9.22. The molecule has 0 saturated heterocycles. The Morgan fingerprint density at radius 2 is 1.67 bits per heavy atom. The zero-order valence-electron chi connectivity index (χ0n) is 14.8. The molecule has 122 valence electrons. The van der Waals surface area contributed by atoms with E-state index in [1.165, 1.54) is 61.9 Å². The lowest BCUT2D eigenvalue weighted by Gasteiger charge is -2.14. The number of rotatable bonds is 11. The van der Waals surface area contributed by atoms with Crippen LogP contribution in [0.4, 0.5) is 0 Å². The number of unbranched alkanes of at least 4 members (excludes halogenated alkanes) is 5. The summed E-state index contributed by atoms with van der Waals surface area (Å²) in [5.74, 6) is 0. The summed E-state index contributed by atoms with van der Waals surface area (Å²) in [4.78, 5) is 0. The van der Waals surface area contributed by atoms with Crippen LogP contribution in [0.5, 0.6) is 0 Å². The highest BCUT2D eigenvalue weighted by Crippen LogP contribution is 2.21. The second-order valence-electron chi connectivity index (χ2n) is 6.25. The predicted octanol–water partition coefficient (Wildman–Crippen LogP) is 4.92. The lowest BCUT2D eigenvalue weighted by molar-refractivity contribution is 0.515. The van der Waals surface area contributed by atoms with Crippen molar-refractivity contribution in [3.8, 4) is 0 Å². The van der Waals surface area contributed by atoms with Gasteiger partial charge in [-0.15, -0.1) is 0 Å². The molecule has 0 spiro atoms. The number of aryl methyl sites for hydroxylation is 2. The molecule has 1 unspecified atom stereocenters. The second kappa shape index (κ2) is 9.99. The monoisotopic (exact) mass is 293 g/mol. The van der Waals surface area contributed by atoms with Crippen LogP contribution < -0.4 is 5.32 Å². The van der Waals surface area contributed by atoms with Gasteiger partial charge in [0, 0.05) is 23.8 Å². The average molecular weight is 293 g/mol. The van der Waals surface area contributed by atoms with Crippen molar-refractivity contribution in [3.05, 3.63) is 17.0 Å². The van der Waals surface area contributed by atoms with Crippen LogP contribution in [0.2, 0.25) is 0 Å². The molecule has 1 aromatic rings. The Hall–Kier alpha value is -0.830. The SMILES string of the molecule is CCCCCCCCn1nc(C)c(C(C)NCCC)c1C. The maximum Gasteiger partial charge on any atom is 0.0644 e. The molecule has 0 aliphatic rings. The molecule has 1 rings (SSSR count). The molecule has 0 amide bonds.